The van der Waals surface area contributed by atoms with E-state index in [4.69, 9.17) is 0 Å². The summed E-state index contributed by atoms with van der Waals surface area (Å²) in [4.78, 5) is 0.283. The van der Waals surface area contributed by atoms with Gasteiger partial charge in [0.1, 0.15) is 17.0 Å². The van der Waals surface area contributed by atoms with E-state index in [9.17, 15) is 8.42 Å². The third kappa shape index (κ3) is 3.30. The van der Waals surface area contributed by atoms with Crippen molar-refractivity contribution in [1.82, 2.24) is 28.9 Å². The SMILES string of the molecule is CCn1cc(S(=O)(=O)N2CCC(Cc3nncn3C)CC2)cn1. The van der Waals surface area contributed by atoms with Crippen molar-refractivity contribution < 1.29 is 8.42 Å². The summed E-state index contributed by atoms with van der Waals surface area (Å²) in [6, 6.07) is 0. The molecule has 0 bridgehead atoms. The third-order valence-electron chi connectivity index (χ3n) is 4.42. The highest BCUT2D eigenvalue weighted by Gasteiger charge is 2.30. The van der Waals surface area contributed by atoms with Crippen molar-refractivity contribution in [2.24, 2.45) is 13.0 Å². The standard InChI is InChI=1S/C14H22N6O2S/c1-3-19-10-13(9-16-19)23(21,22)20-6-4-12(5-7-20)8-14-17-15-11-18(14)2/h9-12H,3-8H2,1-2H3. The average Bonchev–Trinajstić information content (AvgIpc) is 3.18. The molecule has 0 spiro atoms. The summed E-state index contributed by atoms with van der Waals surface area (Å²) in [6.45, 7) is 3.68. The van der Waals surface area contributed by atoms with Crippen LogP contribution in [0.15, 0.2) is 23.6 Å². The molecule has 0 radical (unpaired) electrons. The second-order valence-electron chi connectivity index (χ2n) is 5.94. The molecule has 0 atom stereocenters. The summed E-state index contributed by atoms with van der Waals surface area (Å²) in [5.41, 5.74) is 0. The molecule has 9 heteroatoms. The van der Waals surface area contributed by atoms with Crippen LogP contribution in [0.1, 0.15) is 25.6 Å². The molecule has 3 rings (SSSR count). The fourth-order valence-electron chi connectivity index (χ4n) is 2.90. The molecular formula is C14H22N6O2S. The van der Waals surface area contributed by atoms with E-state index in [2.05, 4.69) is 15.3 Å². The number of sulfonamides is 1. The van der Waals surface area contributed by atoms with Gasteiger partial charge in [0, 0.05) is 39.3 Å². The van der Waals surface area contributed by atoms with E-state index in [1.807, 2.05) is 18.5 Å². The van der Waals surface area contributed by atoms with Crippen LogP contribution in [-0.4, -0.2) is 50.4 Å². The van der Waals surface area contributed by atoms with Crippen LogP contribution in [-0.2, 0) is 30.0 Å². The lowest BCUT2D eigenvalue weighted by Crippen LogP contribution is -2.38. The first-order valence-corrected chi connectivity index (χ1v) is 9.30. The summed E-state index contributed by atoms with van der Waals surface area (Å²) < 4.78 is 30.4. The largest absolute Gasteiger partial charge is 0.321 e. The number of hydrogen-bond acceptors (Lipinski definition) is 5. The minimum atomic E-state index is -3.43. The first-order chi connectivity index (χ1) is 11.0. The fraction of sp³-hybridized carbons (Fsp3) is 0.643. The van der Waals surface area contributed by atoms with Crippen molar-refractivity contribution in [2.75, 3.05) is 13.1 Å². The molecule has 0 amide bonds. The quantitative estimate of drug-likeness (QED) is 0.800. The van der Waals surface area contributed by atoms with Crippen molar-refractivity contribution in [3.05, 3.63) is 24.5 Å². The molecule has 2 aromatic rings. The average molecular weight is 338 g/mol. The zero-order chi connectivity index (χ0) is 16.4. The molecule has 0 aliphatic carbocycles. The van der Waals surface area contributed by atoms with Crippen molar-refractivity contribution >= 4 is 10.0 Å². The van der Waals surface area contributed by atoms with Gasteiger partial charge in [-0.15, -0.1) is 10.2 Å². The maximum atomic E-state index is 12.6. The predicted molar refractivity (Wildman–Crippen MR) is 84.1 cm³/mol. The van der Waals surface area contributed by atoms with Crippen molar-refractivity contribution in [2.45, 2.75) is 37.6 Å². The lowest BCUT2D eigenvalue weighted by atomic mass is 9.94. The number of nitrogens with zero attached hydrogens (tertiary/aromatic N) is 6. The molecule has 1 aliphatic heterocycles. The molecule has 0 N–H and O–H groups in total. The molecule has 1 aliphatic rings. The Kier molecular flexibility index (Phi) is 4.49. The van der Waals surface area contributed by atoms with Gasteiger partial charge in [0.25, 0.3) is 0 Å². The molecule has 1 saturated heterocycles. The molecule has 126 valence electrons. The number of rotatable bonds is 5. The van der Waals surface area contributed by atoms with E-state index in [1.54, 1.807) is 21.5 Å². The molecule has 1 fully saturated rings. The smallest absolute Gasteiger partial charge is 0.246 e. The van der Waals surface area contributed by atoms with Crippen LogP contribution in [0, 0.1) is 5.92 Å². The summed E-state index contributed by atoms with van der Waals surface area (Å²) in [5.74, 6) is 1.40. The fourth-order valence-corrected chi connectivity index (χ4v) is 4.33. The topological polar surface area (TPSA) is 85.9 Å². The number of piperidine rings is 1. The van der Waals surface area contributed by atoms with Gasteiger partial charge in [0.05, 0.1) is 6.20 Å². The van der Waals surface area contributed by atoms with E-state index in [1.165, 1.54) is 6.20 Å². The zero-order valence-electron chi connectivity index (χ0n) is 13.5. The monoisotopic (exact) mass is 338 g/mol. The Bertz CT molecular complexity index is 758. The van der Waals surface area contributed by atoms with E-state index < -0.39 is 10.0 Å². The first-order valence-electron chi connectivity index (χ1n) is 7.86. The summed E-state index contributed by atoms with van der Waals surface area (Å²) in [6.07, 6.45) is 7.26. The Morgan fingerprint density at radius 1 is 1.30 bits per heavy atom. The number of aryl methyl sites for hydroxylation is 2. The molecule has 0 saturated carbocycles. The second-order valence-corrected chi connectivity index (χ2v) is 7.88. The van der Waals surface area contributed by atoms with Crippen LogP contribution >= 0.6 is 0 Å². The van der Waals surface area contributed by atoms with Crippen LogP contribution < -0.4 is 0 Å². The van der Waals surface area contributed by atoms with Crippen molar-refractivity contribution in [3.8, 4) is 0 Å². The minimum absolute atomic E-state index is 0.283. The lowest BCUT2D eigenvalue weighted by Gasteiger charge is -2.30. The maximum absolute atomic E-state index is 12.6. The van der Waals surface area contributed by atoms with E-state index in [-0.39, 0.29) is 4.90 Å². The van der Waals surface area contributed by atoms with Gasteiger partial charge >= 0.3 is 0 Å². The van der Waals surface area contributed by atoms with Gasteiger partial charge in [0.2, 0.25) is 10.0 Å². The van der Waals surface area contributed by atoms with Crippen molar-refractivity contribution in [1.29, 1.82) is 0 Å². The third-order valence-corrected chi connectivity index (χ3v) is 6.27. The van der Waals surface area contributed by atoms with Gasteiger partial charge in [-0.1, -0.05) is 0 Å². The van der Waals surface area contributed by atoms with Gasteiger partial charge in [-0.2, -0.15) is 9.40 Å². The molecular weight excluding hydrogens is 316 g/mol. The molecule has 23 heavy (non-hydrogen) atoms. The molecule has 0 aromatic carbocycles. The summed E-state index contributed by atoms with van der Waals surface area (Å²) >= 11 is 0. The van der Waals surface area contributed by atoms with Crippen LogP contribution in [0.3, 0.4) is 0 Å². The van der Waals surface area contributed by atoms with Gasteiger partial charge in [0.15, 0.2) is 0 Å². The molecule has 8 nitrogen and oxygen atoms in total. The summed E-state index contributed by atoms with van der Waals surface area (Å²) in [7, 11) is -1.50. The van der Waals surface area contributed by atoms with E-state index >= 15 is 0 Å². The van der Waals surface area contributed by atoms with Crippen LogP contribution in [0.5, 0.6) is 0 Å². The molecule has 3 heterocycles. The minimum Gasteiger partial charge on any atom is -0.321 e. The Labute approximate surface area is 136 Å². The summed E-state index contributed by atoms with van der Waals surface area (Å²) in [5, 5.41) is 12.1. The van der Waals surface area contributed by atoms with Crippen LogP contribution in [0.25, 0.3) is 0 Å². The van der Waals surface area contributed by atoms with Gasteiger partial charge < -0.3 is 4.57 Å². The van der Waals surface area contributed by atoms with E-state index in [0.29, 0.717) is 25.6 Å². The van der Waals surface area contributed by atoms with Gasteiger partial charge in [-0.3, -0.25) is 4.68 Å². The van der Waals surface area contributed by atoms with Gasteiger partial charge in [-0.25, -0.2) is 8.42 Å². The van der Waals surface area contributed by atoms with Crippen LogP contribution in [0.4, 0.5) is 0 Å². The molecule has 0 unspecified atom stereocenters. The Morgan fingerprint density at radius 3 is 2.61 bits per heavy atom. The predicted octanol–water partition coefficient (Wildman–Crippen LogP) is 0.675. The molecule has 2 aromatic heterocycles. The van der Waals surface area contributed by atoms with E-state index in [0.717, 1.165) is 25.1 Å². The maximum Gasteiger partial charge on any atom is 0.246 e. The number of hydrogen-bond donors (Lipinski definition) is 0. The Morgan fingerprint density at radius 2 is 2.04 bits per heavy atom. The highest BCUT2D eigenvalue weighted by Crippen LogP contribution is 2.25. The van der Waals surface area contributed by atoms with Gasteiger partial charge in [-0.05, 0) is 25.7 Å². The highest BCUT2D eigenvalue weighted by atomic mass is 32.2. The lowest BCUT2D eigenvalue weighted by molar-refractivity contribution is 0.269. The Hall–Kier alpha value is -1.74. The van der Waals surface area contributed by atoms with Crippen LogP contribution in [0.2, 0.25) is 0 Å². The first kappa shape index (κ1) is 16.1. The second kappa shape index (κ2) is 6.40. The normalized spacial score (nSPS) is 17.7. The Balaban J connectivity index is 1.63. The number of aromatic nitrogens is 5. The zero-order valence-corrected chi connectivity index (χ0v) is 14.3. The van der Waals surface area contributed by atoms with Crippen molar-refractivity contribution in [3.63, 3.8) is 0 Å². The highest BCUT2D eigenvalue weighted by molar-refractivity contribution is 7.89.